The van der Waals surface area contributed by atoms with Crippen molar-refractivity contribution in [2.45, 2.75) is 6.43 Å². The molecular weight excluding hydrogens is 222 g/mol. The summed E-state index contributed by atoms with van der Waals surface area (Å²) < 4.78 is 24.4. The molecule has 0 bridgehead atoms. The van der Waals surface area contributed by atoms with Crippen LogP contribution in [0.25, 0.3) is 0 Å². The molecular formula is C6H3ClF2N2O3. The molecule has 0 saturated heterocycles. The fourth-order valence-electron chi connectivity index (χ4n) is 0.888. The van der Waals surface area contributed by atoms with Gasteiger partial charge in [-0.1, -0.05) is 11.6 Å². The summed E-state index contributed by atoms with van der Waals surface area (Å²) in [4.78, 5) is 21.9. The number of nitrogens with zero attached hydrogens (tertiary/aromatic N) is 1. The number of nitrogens with one attached hydrogen (secondary N) is 1. The monoisotopic (exact) mass is 224 g/mol. The van der Waals surface area contributed by atoms with Gasteiger partial charge in [-0.3, -0.25) is 14.9 Å². The lowest BCUT2D eigenvalue weighted by Gasteiger charge is -2.00. The predicted molar refractivity (Wildman–Crippen MR) is 43.7 cm³/mol. The third kappa shape index (κ3) is 1.87. The highest BCUT2D eigenvalue weighted by Gasteiger charge is 2.26. The molecule has 0 saturated carbocycles. The maximum Gasteiger partial charge on any atom is 0.286 e. The lowest BCUT2D eigenvalue weighted by Crippen LogP contribution is -2.15. The van der Waals surface area contributed by atoms with Crippen LogP contribution in [0.5, 0.6) is 0 Å². The SMILES string of the molecule is O=c1[nH]c(Cl)cc([N+](=O)[O-])c1C(F)F. The third-order valence-corrected chi connectivity index (χ3v) is 1.64. The van der Waals surface area contributed by atoms with E-state index in [1.54, 1.807) is 0 Å². The topological polar surface area (TPSA) is 76.0 Å². The van der Waals surface area contributed by atoms with E-state index in [0.29, 0.717) is 6.07 Å². The van der Waals surface area contributed by atoms with Crippen LogP contribution in [0.2, 0.25) is 5.15 Å². The average molecular weight is 225 g/mol. The Morgan fingerprint density at radius 2 is 2.14 bits per heavy atom. The molecule has 0 amide bonds. The summed E-state index contributed by atoms with van der Waals surface area (Å²) in [7, 11) is 0. The van der Waals surface area contributed by atoms with Crippen LogP contribution in [0.4, 0.5) is 14.5 Å². The zero-order valence-corrected chi connectivity index (χ0v) is 7.22. The second-order valence-corrected chi connectivity index (χ2v) is 2.71. The molecule has 0 aliphatic rings. The van der Waals surface area contributed by atoms with Crippen LogP contribution in [0.3, 0.4) is 0 Å². The van der Waals surface area contributed by atoms with Crippen LogP contribution in [0.15, 0.2) is 10.9 Å². The smallest absolute Gasteiger partial charge is 0.286 e. The lowest BCUT2D eigenvalue weighted by atomic mass is 10.2. The van der Waals surface area contributed by atoms with Crippen LogP contribution >= 0.6 is 11.6 Å². The Bertz CT molecular complexity index is 432. The van der Waals surface area contributed by atoms with E-state index in [2.05, 4.69) is 0 Å². The van der Waals surface area contributed by atoms with E-state index < -0.39 is 28.2 Å². The van der Waals surface area contributed by atoms with Crippen LogP contribution in [-0.2, 0) is 0 Å². The fraction of sp³-hybridized carbons (Fsp3) is 0.167. The number of alkyl halides is 2. The summed E-state index contributed by atoms with van der Waals surface area (Å²) >= 11 is 5.27. The quantitative estimate of drug-likeness (QED) is 0.473. The molecule has 1 heterocycles. The van der Waals surface area contributed by atoms with Gasteiger partial charge >= 0.3 is 0 Å². The van der Waals surface area contributed by atoms with Gasteiger partial charge in [0.25, 0.3) is 17.7 Å². The molecule has 1 aromatic heterocycles. The minimum atomic E-state index is -3.21. The first-order valence-corrected chi connectivity index (χ1v) is 3.66. The number of nitro groups is 1. The van der Waals surface area contributed by atoms with Crippen LogP contribution in [0.1, 0.15) is 12.0 Å². The van der Waals surface area contributed by atoms with Crippen molar-refractivity contribution >= 4 is 17.3 Å². The summed E-state index contributed by atoms with van der Waals surface area (Å²) in [5.74, 6) is 0. The second kappa shape index (κ2) is 3.70. The van der Waals surface area contributed by atoms with Crippen molar-refractivity contribution in [3.63, 3.8) is 0 Å². The Balaban J connectivity index is 3.53. The van der Waals surface area contributed by atoms with Gasteiger partial charge in [0.1, 0.15) is 5.15 Å². The molecule has 1 rings (SSSR count). The largest absolute Gasteiger partial charge is 0.312 e. The Morgan fingerprint density at radius 1 is 1.57 bits per heavy atom. The number of rotatable bonds is 2. The second-order valence-electron chi connectivity index (χ2n) is 2.30. The van der Waals surface area contributed by atoms with E-state index in [0.717, 1.165) is 0 Å². The summed E-state index contributed by atoms with van der Waals surface area (Å²) in [6, 6.07) is 0.671. The number of halogens is 3. The molecule has 0 atom stereocenters. The molecule has 8 heteroatoms. The molecule has 14 heavy (non-hydrogen) atoms. The highest BCUT2D eigenvalue weighted by atomic mass is 35.5. The van der Waals surface area contributed by atoms with Gasteiger partial charge in [-0.2, -0.15) is 0 Å². The average Bonchev–Trinajstić information content (AvgIpc) is 2.01. The highest BCUT2D eigenvalue weighted by Crippen LogP contribution is 2.26. The molecule has 1 aromatic rings. The summed E-state index contributed by atoms with van der Waals surface area (Å²) in [6.45, 7) is 0. The summed E-state index contributed by atoms with van der Waals surface area (Å²) in [5.41, 5.74) is -3.41. The van der Waals surface area contributed by atoms with Gasteiger partial charge < -0.3 is 4.98 Å². The maximum absolute atomic E-state index is 12.2. The van der Waals surface area contributed by atoms with Gasteiger partial charge in [0.15, 0.2) is 5.56 Å². The van der Waals surface area contributed by atoms with Crippen molar-refractivity contribution < 1.29 is 13.7 Å². The van der Waals surface area contributed by atoms with E-state index in [1.807, 2.05) is 4.98 Å². The van der Waals surface area contributed by atoms with Gasteiger partial charge in [0.2, 0.25) is 0 Å². The number of hydrogen-bond donors (Lipinski definition) is 1. The highest BCUT2D eigenvalue weighted by molar-refractivity contribution is 6.29. The maximum atomic E-state index is 12.2. The predicted octanol–water partition coefficient (Wildman–Crippen LogP) is 1.87. The molecule has 0 aliphatic heterocycles. The zero-order chi connectivity index (χ0) is 10.9. The molecule has 0 radical (unpaired) electrons. The molecule has 1 N–H and O–H groups in total. The number of pyridine rings is 1. The first-order chi connectivity index (χ1) is 6.43. The molecule has 5 nitrogen and oxygen atoms in total. The Hall–Kier alpha value is -1.50. The van der Waals surface area contributed by atoms with E-state index in [1.165, 1.54) is 0 Å². The van der Waals surface area contributed by atoms with Crippen LogP contribution in [-0.4, -0.2) is 9.91 Å². The van der Waals surface area contributed by atoms with Gasteiger partial charge in [-0.05, 0) is 0 Å². The number of aromatic nitrogens is 1. The third-order valence-electron chi connectivity index (χ3n) is 1.43. The van der Waals surface area contributed by atoms with Crippen LogP contribution < -0.4 is 5.56 Å². The number of hydrogen-bond acceptors (Lipinski definition) is 3. The summed E-state index contributed by atoms with van der Waals surface area (Å²) in [5, 5.41) is 9.94. The van der Waals surface area contributed by atoms with Crippen molar-refractivity contribution in [3.05, 3.63) is 37.3 Å². The summed E-state index contributed by atoms with van der Waals surface area (Å²) in [6.07, 6.45) is -3.21. The van der Waals surface area contributed by atoms with Gasteiger partial charge in [0, 0.05) is 0 Å². The Morgan fingerprint density at radius 3 is 2.57 bits per heavy atom. The van der Waals surface area contributed by atoms with Gasteiger partial charge in [0.05, 0.1) is 11.0 Å². The van der Waals surface area contributed by atoms with E-state index in [-0.39, 0.29) is 5.15 Å². The first-order valence-electron chi connectivity index (χ1n) is 3.28. The minimum absolute atomic E-state index is 0.355. The Labute approximate surface area is 80.5 Å². The number of H-pyrrole nitrogens is 1. The van der Waals surface area contributed by atoms with E-state index in [4.69, 9.17) is 11.6 Å². The van der Waals surface area contributed by atoms with Crippen molar-refractivity contribution in [2.75, 3.05) is 0 Å². The normalized spacial score (nSPS) is 10.6. The minimum Gasteiger partial charge on any atom is -0.312 e. The Kier molecular flexibility index (Phi) is 2.80. The molecule has 0 unspecified atom stereocenters. The van der Waals surface area contributed by atoms with E-state index >= 15 is 0 Å². The number of aromatic amines is 1. The van der Waals surface area contributed by atoms with Crippen molar-refractivity contribution in [1.29, 1.82) is 0 Å². The van der Waals surface area contributed by atoms with Crippen LogP contribution in [0, 0.1) is 10.1 Å². The van der Waals surface area contributed by atoms with Crippen molar-refractivity contribution in [2.24, 2.45) is 0 Å². The molecule has 76 valence electrons. The van der Waals surface area contributed by atoms with E-state index in [9.17, 15) is 23.7 Å². The lowest BCUT2D eigenvalue weighted by molar-refractivity contribution is -0.386. The van der Waals surface area contributed by atoms with Crippen molar-refractivity contribution in [1.82, 2.24) is 4.98 Å². The zero-order valence-electron chi connectivity index (χ0n) is 6.46. The molecule has 0 aliphatic carbocycles. The van der Waals surface area contributed by atoms with Crippen molar-refractivity contribution in [3.8, 4) is 0 Å². The molecule has 0 aromatic carbocycles. The first kappa shape index (κ1) is 10.6. The molecule has 0 spiro atoms. The molecule has 0 fully saturated rings. The van der Waals surface area contributed by atoms with Gasteiger partial charge in [-0.25, -0.2) is 8.78 Å². The van der Waals surface area contributed by atoms with Gasteiger partial charge in [-0.15, -0.1) is 0 Å². The fourth-order valence-corrected chi connectivity index (χ4v) is 1.08. The standard InChI is InChI=1S/C6H3ClF2N2O3/c7-3-1-2(11(13)14)4(5(8)9)6(12)10-3/h1,5H,(H,10,12).